The number of unbranched alkanes of at least 4 members (excludes halogenated alkanes) is 3. The zero-order valence-electron chi connectivity index (χ0n) is 10.2. The first kappa shape index (κ1) is 14.2. The number of thiol groups is 1. The summed E-state index contributed by atoms with van der Waals surface area (Å²) in [6, 6.07) is 0. The third kappa shape index (κ3) is 7.45. The highest BCUT2D eigenvalue weighted by Crippen LogP contribution is 2.19. The molecule has 1 aliphatic carbocycles. The minimum absolute atomic E-state index is 1.04. The molecule has 0 spiro atoms. The van der Waals surface area contributed by atoms with Crippen molar-refractivity contribution in [1.29, 1.82) is 0 Å². The Bertz CT molecular complexity index is 219. The van der Waals surface area contributed by atoms with Gasteiger partial charge in [0.2, 0.25) is 0 Å². The van der Waals surface area contributed by atoms with E-state index in [4.69, 9.17) is 0 Å². The number of thioether (sulfide) groups is 1. The zero-order chi connectivity index (χ0) is 11.5. The summed E-state index contributed by atoms with van der Waals surface area (Å²) in [5.74, 6) is 2.32. The Morgan fingerprint density at radius 1 is 1.19 bits per heavy atom. The number of hydrogen-bond donors (Lipinski definition) is 1. The van der Waals surface area contributed by atoms with E-state index in [1.54, 1.807) is 5.57 Å². The van der Waals surface area contributed by atoms with E-state index in [2.05, 4.69) is 30.2 Å². The molecule has 0 aromatic carbocycles. The van der Waals surface area contributed by atoms with E-state index in [9.17, 15) is 0 Å². The quantitative estimate of drug-likeness (QED) is 0.458. The summed E-state index contributed by atoms with van der Waals surface area (Å²) in [5.41, 5.74) is 1.55. The maximum absolute atomic E-state index is 4.22. The lowest BCUT2D eigenvalue weighted by molar-refractivity contribution is 0.711. The lowest BCUT2D eigenvalue weighted by Crippen LogP contribution is -1.87. The third-order valence-corrected chi connectivity index (χ3v) is 4.04. The fraction of sp³-hybridized carbons (Fsp3) is 0.714. The summed E-state index contributed by atoms with van der Waals surface area (Å²) in [4.78, 5) is 0. The molecule has 0 aromatic heterocycles. The van der Waals surface area contributed by atoms with Crippen LogP contribution in [-0.2, 0) is 0 Å². The fourth-order valence-corrected chi connectivity index (χ4v) is 2.87. The minimum Gasteiger partial charge on any atom is -0.179 e. The standard InChI is InChI=1S/C14H24S2/c15-11-6-1-2-7-12-16-13-10-14-8-4-3-5-9-14/h8,10,13,15H,1-7,9,11-12H2/b13-10+. The third-order valence-electron chi connectivity index (χ3n) is 2.87. The van der Waals surface area contributed by atoms with Gasteiger partial charge in [0, 0.05) is 0 Å². The topological polar surface area (TPSA) is 0 Å². The number of hydrogen-bond acceptors (Lipinski definition) is 2. The van der Waals surface area contributed by atoms with Crippen LogP contribution in [0.3, 0.4) is 0 Å². The number of allylic oxidation sites excluding steroid dienone is 3. The summed E-state index contributed by atoms with van der Waals surface area (Å²) in [6.07, 6.45) is 15.4. The first-order valence-electron chi connectivity index (χ1n) is 6.51. The van der Waals surface area contributed by atoms with Gasteiger partial charge in [-0.15, -0.1) is 11.8 Å². The van der Waals surface area contributed by atoms with Gasteiger partial charge in [-0.25, -0.2) is 0 Å². The first-order chi connectivity index (χ1) is 7.93. The molecule has 0 N–H and O–H groups in total. The molecule has 0 aliphatic heterocycles. The van der Waals surface area contributed by atoms with Crippen molar-refractivity contribution in [2.45, 2.75) is 51.4 Å². The molecule has 0 unspecified atom stereocenters. The number of rotatable bonds is 8. The van der Waals surface area contributed by atoms with Crippen LogP contribution in [0.4, 0.5) is 0 Å². The molecule has 0 aromatic rings. The average molecular weight is 256 g/mol. The smallest absolute Gasteiger partial charge is 0.00260 e. The second kappa shape index (κ2) is 10.3. The van der Waals surface area contributed by atoms with Crippen molar-refractivity contribution in [3.8, 4) is 0 Å². The van der Waals surface area contributed by atoms with Gasteiger partial charge in [0.15, 0.2) is 0 Å². The van der Waals surface area contributed by atoms with E-state index >= 15 is 0 Å². The summed E-state index contributed by atoms with van der Waals surface area (Å²) >= 11 is 6.18. The van der Waals surface area contributed by atoms with Crippen LogP contribution in [0.25, 0.3) is 0 Å². The normalized spacial score (nSPS) is 16.7. The Balaban J connectivity index is 1.93. The molecule has 0 radical (unpaired) electrons. The van der Waals surface area contributed by atoms with E-state index in [1.807, 2.05) is 11.8 Å². The fourth-order valence-electron chi connectivity index (χ4n) is 1.87. The van der Waals surface area contributed by atoms with Crippen LogP contribution in [0.2, 0.25) is 0 Å². The molecule has 0 saturated carbocycles. The molecule has 0 saturated heterocycles. The Labute approximate surface area is 110 Å². The van der Waals surface area contributed by atoms with E-state index < -0.39 is 0 Å². The predicted octanol–water partition coefficient (Wildman–Crippen LogP) is 5.22. The van der Waals surface area contributed by atoms with Crippen molar-refractivity contribution in [1.82, 2.24) is 0 Å². The average Bonchev–Trinajstić information content (AvgIpc) is 2.34. The van der Waals surface area contributed by atoms with Crippen molar-refractivity contribution < 1.29 is 0 Å². The first-order valence-corrected chi connectivity index (χ1v) is 8.19. The molecule has 16 heavy (non-hydrogen) atoms. The van der Waals surface area contributed by atoms with E-state index in [0.717, 1.165) is 5.75 Å². The highest BCUT2D eigenvalue weighted by Gasteiger charge is 1.98. The molecule has 2 heteroatoms. The van der Waals surface area contributed by atoms with Crippen LogP contribution < -0.4 is 0 Å². The van der Waals surface area contributed by atoms with Crippen LogP contribution in [0.1, 0.15) is 51.4 Å². The van der Waals surface area contributed by atoms with Crippen molar-refractivity contribution in [3.63, 3.8) is 0 Å². The van der Waals surface area contributed by atoms with Crippen molar-refractivity contribution in [2.75, 3.05) is 11.5 Å². The lowest BCUT2D eigenvalue weighted by Gasteiger charge is -2.07. The Kier molecular flexibility index (Phi) is 9.20. The van der Waals surface area contributed by atoms with Gasteiger partial charge in [-0.1, -0.05) is 30.6 Å². The van der Waals surface area contributed by atoms with Crippen LogP contribution in [-0.4, -0.2) is 11.5 Å². The predicted molar refractivity (Wildman–Crippen MR) is 80.5 cm³/mol. The van der Waals surface area contributed by atoms with Crippen LogP contribution in [0, 0.1) is 0 Å². The summed E-state index contributed by atoms with van der Waals surface area (Å²) in [6.45, 7) is 0. The van der Waals surface area contributed by atoms with Gasteiger partial charge in [0.1, 0.15) is 0 Å². The molecule has 0 bridgehead atoms. The monoisotopic (exact) mass is 256 g/mol. The molecule has 92 valence electrons. The molecule has 0 atom stereocenters. The van der Waals surface area contributed by atoms with Gasteiger partial charge < -0.3 is 0 Å². The van der Waals surface area contributed by atoms with Gasteiger partial charge in [-0.05, 0) is 55.4 Å². The minimum atomic E-state index is 1.04. The largest absolute Gasteiger partial charge is 0.179 e. The highest BCUT2D eigenvalue weighted by molar-refractivity contribution is 8.02. The van der Waals surface area contributed by atoms with Crippen LogP contribution >= 0.6 is 24.4 Å². The van der Waals surface area contributed by atoms with E-state index in [-0.39, 0.29) is 0 Å². The van der Waals surface area contributed by atoms with Crippen LogP contribution in [0.15, 0.2) is 23.1 Å². The molecular formula is C14H24S2. The lowest BCUT2D eigenvalue weighted by atomic mass is 10.0. The Morgan fingerprint density at radius 3 is 2.81 bits per heavy atom. The van der Waals surface area contributed by atoms with Crippen molar-refractivity contribution in [3.05, 3.63) is 23.1 Å². The van der Waals surface area contributed by atoms with E-state index in [1.165, 1.54) is 57.1 Å². The maximum atomic E-state index is 4.22. The zero-order valence-corrected chi connectivity index (χ0v) is 11.9. The molecule has 0 fully saturated rings. The highest BCUT2D eigenvalue weighted by atomic mass is 32.2. The molecule has 0 heterocycles. The SMILES string of the molecule is SCCCCCCS/C=C/C1=CCCCC1. The van der Waals surface area contributed by atoms with E-state index in [0.29, 0.717) is 0 Å². The van der Waals surface area contributed by atoms with Gasteiger partial charge >= 0.3 is 0 Å². The summed E-state index contributed by atoms with van der Waals surface area (Å²) in [7, 11) is 0. The van der Waals surface area contributed by atoms with Crippen molar-refractivity contribution >= 4 is 24.4 Å². The molecular weight excluding hydrogens is 232 g/mol. The van der Waals surface area contributed by atoms with Gasteiger partial charge in [-0.3, -0.25) is 0 Å². The van der Waals surface area contributed by atoms with Crippen molar-refractivity contribution in [2.24, 2.45) is 0 Å². The second-order valence-corrected chi connectivity index (χ2v) is 5.80. The molecule has 0 nitrogen and oxygen atoms in total. The van der Waals surface area contributed by atoms with Gasteiger partial charge in [-0.2, -0.15) is 12.6 Å². The molecule has 0 amide bonds. The molecule has 1 rings (SSSR count). The molecule has 1 aliphatic rings. The van der Waals surface area contributed by atoms with Gasteiger partial charge in [0.05, 0.1) is 0 Å². The Hall–Kier alpha value is 0.180. The summed E-state index contributed by atoms with van der Waals surface area (Å²) in [5, 5.41) is 2.29. The Morgan fingerprint density at radius 2 is 2.06 bits per heavy atom. The maximum Gasteiger partial charge on any atom is -0.00260 e. The van der Waals surface area contributed by atoms with Crippen LogP contribution in [0.5, 0.6) is 0 Å². The van der Waals surface area contributed by atoms with Gasteiger partial charge in [0.25, 0.3) is 0 Å². The summed E-state index contributed by atoms with van der Waals surface area (Å²) < 4.78 is 0. The second-order valence-electron chi connectivity index (χ2n) is 4.34.